The van der Waals surface area contributed by atoms with Gasteiger partial charge in [0, 0.05) is 6.54 Å². The van der Waals surface area contributed by atoms with E-state index in [0.29, 0.717) is 5.92 Å². The Morgan fingerprint density at radius 1 is 1.64 bits per heavy atom. The van der Waals surface area contributed by atoms with Gasteiger partial charge in [0.15, 0.2) is 0 Å². The molecule has 1 fully saturated rings. The zero-order chi connectivity index (χ0) is 8.27. The van der Waals surface area contributed by atoms with Crippen molar-refractivity contribution in [3.8, 4) is 0 Å². The lowest BCUT2D eigenvalue weighted by atomic mass is 10.0. The third-order valence-electron chi connectivity index (χ3n) is 1.92. The first-order valence-electron chi connectivity index (χ1n) is 4.08. The maximum atomic E-state index is 10.8. The highest BCUT2D eigenvalue weighted by Gasteiger charge is 2.18. The number of amides is 1. The zero-order valence-electron chi connectivity index (χ0n) is 7.09. The summed E-state index contributed by atoms with van der Waals surface area (Å²) in [5.74, 6) is 0.510. The minimum absolute atomic E-state index is 0.00755. The average Bonchev–Trinajstić information content (AvgIpc) is 2.13. The molecule has 3 heteroatoms. The van der Waals surface area contributed by atoms with Gasteiger partial charge < -0.3 is 10.1 Å². The molecule has 1 rings (SSSR count). The smallest absolute Gasteiger partial charge is 0.246 e. The van der Waals surface area contributed by atoms with Gasteiger partial charge in [-0.05, 0) is 12.3 Å². The summed E-state index contributed by atoms with van der Waals surface area (Å²) in [6, 6.07) is 0. The first kappa shape index (κ1) is 8.53. The van der Waals surface area contributed by atoms with Crippen LogP contribution < -0.4 is 5.32 Å². The lowest BCUT2D eigenvalue weighted by molar-refractivity contribution is -0.126. The highest BCUT2D eigenvalue weighted by molar-refractivity contribution is 5.77. The van der Waals surface area contributed by atoms with E-state index >= 15 is 0 Å². The second-order valence-corrected chi connectivity index (χ2v) is 3.23. The number of hydrogen-bond acceptors (Lipinski definition) is 2. The quantitative estimate of drug-likeness (QED) is 0.603. The van der Waals surface area contributed by atoms with Crippen LogP contribution in [0.4, 0.5) is 0 Å². The maximum absolute atomic E-state index is 10.8. The molecule has 3 nitrogen and oxygen atoms in total. The molecule has 0 aromatic carbocycles. The predicted molar refractivity (Wildman–Crippen MR) is 42.2 cm³/mol. The number of carbonyl (C=O) groups is 1. The predicted octanol–water partition coefficient (Wildman–Crippen LogP) is 0.547. The van der Waals surface area contributed by atoms with Crippen LogP contribution in [0.2, 0.25) is 0 Å². The van der Waals surface area contributed by atoms with Crippen molar-refractivity contribution >= 4 is 5.91 Å². The Morgan fingerprint density at radius 3 is 3.00 bits per heavy atom. The molecule has 64 valence electrons. The van der Waals surface area contributed by atoms with Crippen LogP contribution in [0.5, 0.6) is 0 Å². The Bertz CT molecular complexity index is 145. The number of hydrogen-bond donors (Lipinski definition) is 1. The molecule has 0 bridgehead atoms. The summed E-state index contributed by atoms with van der Waals surface area (Å²) in [6.45, 7) is 5.20. The van der Waals surface area contributed by atoms with Gasteiger partial charge >= 0.3 is 0 Å². The van der Waals surface area contributed by atoms with E-state index in [-0.39, 0.29) is 18.6 Å². The van der Waals surface area contributed by atoms with Gasteiger partial charge in [-0.15, -0.1) is 0 Å². The molecule has 0 saturated carbocycles. The summed E-state index contributed by atoms with van der Waals surface area (Å²) < 4.78 is 5.36. The number of nitrogens with one attached hydrogen (secondary N) is 1. The summed E-state index contributed by atoms with van der Waals surface area (Å²) in [4.78, 5) is 10.8. The van der Waals surface area contributed by atoms with Crippen LogP contribution in [0, 0.1) is 5.92 Å². The van der Waals surface area contributed by atoms with Crippen molar-refractivity contribution in [2.24, 2.45) is 5.92 Å². The first-order chi connectivity index (χ1) is 5.20. The van der Waals surface area contributed by atoms with Crippen molar-refractivity contribution in [3.05, 3.63) is 0 Å². The van der Waals surface area contributed by atoms with Crippen molar-refractivity contribution < 1.29 is 9.53 Å². The van der Waals surface area contributed by atoms with Crippen molar-refractivity contribution in [3.63, 3.8) is 0 Å². The van der Waals surface area contributed by atoms with Gasteiger partial charge in [-0.2, -0.15) is 0 Å². The van der Waals surface area contributed by atoms with E-state index in [1.807, 2.05) is 0 Å². The SMILES string of the molecule is CC(C)C1CCNC(=O)CO1. The summed E-state index contributed by atoms with van der Waals surface area (Å²) in [5, 5.41) is 2.77. The highest BCUT2D eigenvalue weighted by Crippen LogP contribution is 2.11. The first-order valence-corrected chi connectivity index (χ1v) is 4.08. The molecular weight excluding hydrogens is 142 g/mol. The number of rotatable bonds is 1. The van der Waals surface area contributed by atoms with E-state index < -0.39 is 0 Å². The molecular formula is C8H15NO2. The van der Waals surface area contributed by atoms with Gasteiger partial charge in [0.2, 0.25) is 5.91 Å². The van der Waals surface area contributed by atoms with Crippen LogP contribution in [0.25, 0.3) is 0 Å². The molecule has 0 radical (unpaired) electrons. The Morgan fingerprint density at radius 2 is 2.36 bits per heavy atom. The second-order valence-electron chi connectivity index (χ2n) is 3.23. The molecule has 1 heterocycles. The Hall–Kier alpha value is -0.570. The zero-order valence-corrected chi connectivity index (χ0v) is 7.09. The summed E-state index contributed by atoms with van der Waals surface area (Å²) in [6.07, 6.45) is 1.18. The van der Waals surface area contributed by atoms with Crippen molar-refractivity contribution in [1.29, 1.82) is 0 Å². The van der Waals surface area contributed by atoms with E-state index in [1.165, 1.54) is 0 Å². The topological polar surface area (TPSA) is 38.3 Å². The molecule has 1 aliphatic heterocycles. The second kappa shape index (κ2) is 3.72. The monoisotopic (exact) mass is 157 g/mol. The van der Waals surface area contributed by atoms with Gasteiger partial charge in [0.1, 0.15) is 6.61 Å². The van der Waals surface area contributed by atoms with E-state index in [9.17, 15) is 4.79 Å². The van der Waals surface area contributed by atoms with E-state index in [1.54, 1.807) is 0 Å². The standard InChI is InChI=1S/C8H15NO2/c1-6(2)7-3-4-9-8(10)5-11-7/h6-7H,3-5H2,1-2H3,(H,9,10). The van der Waals surface area contributed by atoms with Crippen LogP contribution in [0.3, 0.4) is 0 Å². The van der Waals surface area contributed by atoms with E-state index in [4.69, 9.17) is 4.74 Å². The normalized spacial score (nSPS) is 26.5. The van der Waals surface area contributed by atoms with E-state index in [2.05, 4.69) is 19.2 Å². The van der Waals surface area contributed by atoms with Crippen LogP contribution in [-0.4, -0.2) is 25.2 Å². The third-order valence-corrected chi connectivity index (χ3v) is 1.92. The summed E-state index contributed by atoms with van der Waals surface area (Å²) >= 11 is 0. The fourth-order valence-corrected chi connectivity index (χ4v) is 1.20. The van der Waals surface area contributed by atoms with Gasteiger partial charge in [0.25, 0.3) is 0 Å². The average molecular weight is 157 g/mol. The lowest BCUT2D eigenvalue weighted by Crippen LogP contribution is -2.24. The lowest BCUT2D eigenvalue weighted by Gasteiger charge is -2.17. The fraction of sp³-hybridized carbons (Fsp3) is 0.875. The summed E-state index contributed by atoms with van der Waals surface area (Å²) in [5.41, 5.74) is 0. The van der Waals surface area contributed by atoms with Crippen molar-refractivity contribution in [2.75, 3.05) is 13.2 Å². The molecule has 11 heavy (non-hydrogen) atoms. The molecule has 1 N–H and O–H groups in total. The molecule has 0 spiro atoms. The van der Waals surface area contributed by atoms with Crippen LogP contribution in [-0.2, 0) is 9.53 Å². The van der Waals surface area contributed by atoms with E-state index in [0.717, 1.165) is 13.0 Å². The highest BCUT2D eigenvalue weighted by atomic mass is 16.5. The molecule has 1 atom stereocenters. The van der Waals surface area contributed by atoms with Gasteiger partial charge in [0.05, 0.1) is 6.10 Å². The van der Waals surface area contributed by atoms with Gasteiger partial charge in [-0.1, -0.05) is 13.8 Å². The summed E-state index contributed by atoms with van der Waals surface area (Å²) in [7, 11) is 0. The van der Waals surface area contributed by atoms with Crippen molar-refractivity contribution in [1.82, 2.24) is 5.32 Å². The van der Waals surface area contributed by atoms with Crippen LogP contribution in [0.1, 0.15) is 20.3 Å². The minimum Gasteiger partial charge on any atom is -0.368 e. The molecule has 0 aliphatic carbocycles. The molecule has 1 amide bonds. The molecule has 1 saturated heterocycles. The van der Waals surface area contributed by atoms with Gasteiger partial charge in [-0.3, -0.25) is 4.79 Å². The van der Waals surface area contributed by atoms with Crippen LogP contribution in [0.15, 0.2) is 0 Å². The Labute approximate surface area is 67.1 Å². The number of carbonyl (C=O) groups excluding carboxylic acids is 1. The van der Waals surface area contributed by atoms with Crippen LogP contribution >= 0.6 is 0 Å². The molecule has 1 unspecified atom stereocenters. The molecule has 1 aliphatic rings. The molecule has 0 aromatic heterocycles. The Kier molecular flexibility index (Phi) is 2.88. The molecule has 0 aromatic rings. The minimum atomic E-state index is 0.00755. The van der Waals surface area contributed by atoms with Crippen molar-refractivity contribution in [2.45, 2.75) is 26.4 Å². The maximum Gasteiger partial charge on any atom is 0.246 e. The largest absolute Gasteiger partial charge is 0.368 e. The Balaban J connectivity index is 2.40. The third kappa shape index (κ3) is 2.50. The number of ether oxygens (including phenoxy) is 1. The fourth-order valence-electron chi connectivity index (χ4n) is 1.20. The van der Waals surface area contributed by atoms with Gasteiger partial charge in [-0.25, -0.2) is 0 Å².